The van der Waals surface area contributed by atoms with Gasteiger partial charge in [-0.1, -0.05) is 30.3 Å². The van der Waals surface area contributed by atoms with Gasteiger partial charge in [0.1, 0.15) is 16.2 Å². The van der Waals surface area contributed by atoms with Crippen molar-refractivity contribution in [2.45, 2.75) is 43.6 Å². The minimum Gasteiger partial charge on any atom is -0.469 e. The van der Waals surface area contributed by atoms with E-state index in [0.29, 0.717) is 5.56 Å². The number of esters is 1. The number of ether oxygens (including phenoxy) is 2. The molecule has 0 heterocycles. The third kappa shape index (κ3) is 7.93. The van der Waals surface area contributed by atoms with E-state index in [-0.39, 0.29) is 23.6 Å². The number of nitrogens with one attached hydrogen (secondary N) is 1. The van der Waals surface area contributed by atoms with Gasteiger partial charge >= 0.3 is 22.2 Å². The molecule has 0 fully saturated rings. The maximum Gasteiger partial charge on any atom is 0.407 e. The molecular formula is C22H27NO7S. The van der Waals surface area contributed by atoms with E-state index >= 15 is 0 Å². The summed E-state index contributed by atoms with van der Waals surface area (Å²) < 4.78 is 39.8. The Balaban J connectivity index is 2.12. The molecule has 1 amide bonds. The Kier molecular flexibility index (Phi) is 8.04. The lowest BCUT2D eigenvalue weighted by Gasteiger charge is -2.22. The Labute approximate surface area is 182 Å². The minimum atomic E-state index is -3.96. The van der Waals surface area contributed by atoms with E-state index in [4.69, 9.17) is 13.7 Å². The van der Waals surface area contributed by atoms with Gasteiger partial charge in [-0.2, -0.15) is 8.42 Å². The standard InChI is InChI=1S/C22H27NO7S/c1-22(2,3)29-21(25)23-15-17(14-20(24)28-4)16-10-12-18(13-11-16)30-31(26,27)19-8-6-5-7-9-19/h5-13,17H,14-15H2,1-4H3,(H,23,25). The van der Waals surface area contributed by atoms with Gasteiger partial charge in [-0.25, -0.2) is 4.79 Å². The Hall–Kier alpha value is -3.07. The van der Waals surface area contributed by atoms with E-state index in [2.05, 4.69) is 5.32 Å². The number of amides is 1. The smallest absolute Gasteiger partial charge is 0.407 e. The topological polar surface area (TPSA) is 108 Å². The fourth-order valence-electron chi connectivity index (χ4n) is 2.67. The van der Waals surface area contributed by atoms with Gasteiger partial charge in [0, 0.05) is 12.5 Å². The number of carbonyl (C=O) groups excluding carboxylic acids is 2. The fraction of sp³-hybridized carbons (Fsp3) is 0.364. The molecule has 0 bridgehead atoms. The molecule has 1 unspecified atom stereocenters. The van der Waals surface area contributed by atoms with Crippen molar-refractivity contribution in [2.75, 3.05) is 13.7 Å². The van der Waals surface area contributed by atoms with Crippen LogP contribution < -0.4 is 9.50 Å². The summed E-state index contributed by atoms with van der Waals surface area (Å²) in [7, 11) is -2.67. The predicted octanol–water partition coefficient (Wildman–Crippen LogP) is 3.63. The monoisotopic (exact) mass is 449 g/mol. The summed E-state index contributed by atoms with van der Waals surface area (Å²) in [6, 6.07) is 14.1. The molecule has 0 saturated heterocycles. The maximum absolute atomic E-state index is 12.4. The molecular weight excluding hydrogens is 422 g/mol. The molecule has 168 valence electrons. The summed E-state index contributed by atoms with van der Waals surface area (Å²) in [6.07, 6.45) is -0.578. The van der Waals surface area contributed by atoms with Crippen LogP contribution in [-0.2, 0) is 24.4 Å². The van der Waals surface area contributed by atoms with Crippen LogP contribution in [-0.4, -0.2) is 39.7 Å². The molecule has 31 heavy (non-hydrogen) atoms. The van der Waals surface area contributed by atoms with Gasteiger partial charge < -0.3 is 19.0 Å². The molecule has 2 aromatic rings. The molecule has 0 aliphatic carbocycles. The largest absolute Gasteiger partial charge is 0.469 e. The van der Waals surface area contributed by atoms with Crippen LogP contribution in [0.4, 0.5) is 4.79 Å². The van der Waals surface area contributed by atoms with E-state index in [0.717, 1.165) is 0 Å². The van der Waals surface area contributed by atoms with Crippen molar-refractivity contribution in [3.05, 3.63) is 60.2 Å². The quantitative estimate of drug-likeness (QED) is 0.484. The lowest BCUT2D eigenvalue weighted by molar-refractivity contribution is -0.141. The normalized spacial score (nSPS) is 12.5. The van der Waals surface area contributed by atoms with Crippen molar-refractivity contribution in [2.24, 2.45) is 0 Å². The third-order valence-electron chi connectivity index (χ3n) is 4.12. The van der Waals surface area contributed by atoms with E-state index in [1.54, 1.807) is 51.1 Å². The molecule has 0 radical (unpaired) electrons. The Bertz CT molecular complexity index is 981. The molecule has 0 aliphatic rings. The molecule has 0 aromatic heterocycles. The van der Waals surface area contributed by atoms with E-state index in [9.17, 15) is 18.0 Å². The van der Waals surface area contributed by atoms with Crippen molar-refractivity contribution in [1.82, 2.24) is 5.32 Å². The second-order valence-electron chi connectivity index (χ2n) is 7.78. The van der Waals surface area contributed by atoms with Gasteiger partial charge in [0.05, 0.1) is 13.5 Å². The Morgan fingerprint density at radius 2 is 1.61 bits per heavy atom. The first-order valence-electron chi connectivity index (χ1n) is 9.63. The van der Waals surface area contributed by atoms with Crippen LogP contribution in [0.15, 0.2) is 59.5 Å². The summed E-state index contributed by atoms with van der Waals surface area (Å²) in [5.74, 6) is -0.716. The van der Waals surface area contributed by atoms with Gasteiger partial charge in [-0.15, -0.1) is 0 Å². The van der Waals surface area contributed by atoms with Crippen molar-refractivity contribution in [1.29, 1.82) is 0 Å². The highest BCUT2D eigenvalue weighted by atomic mass is 32.2. The summed E-state index contributed by atoms with van der Waals surface area (Å²) in [5.41, 5.74) is 0.0523. The predicted molar refractivity (Wildman–Crippen MR) is 114 cm³/mol. The first kappa shape index (κ1) is 24.2. The molecule has 0 aliphatic heterocycles. The highest BCUT2D eigenvalue weighted by Gasteiger charge is 2.21. The number of methoxy groups -OCH3 is 1. The molecule has 0 spiro atoms. The first-order chi connectivity index (χ1) is 14.5. The van der Waals surface area contributed by atoms with Crippen molar-refractivity contribution >= 4 is 22.2 Å². The first-order valence-corrected chi connectivity index (χ1v) is 11.0. The van der Waals surface area contributed by atoms with Gasteiger partial charge in [0.15, 0.2) is 0 Å². The Morgan fingerprint density at radius 3 is 2.16 bits per heavy atom. The van der Waals surface area contributed by atoms with Gasteiger partial charge in [-0.05, 0) is 50.6 Å². The van der Waals surface area contributed by atoms with E-state index < -0.39 is 33.7 Å². The number of rotatable bonds is 8. The maximum atomic E-state index is 12.4. The molecule has 9 heteroatoms. The Morgan fingerprint density at radius 1 is 1.00 bits per heavy atom. The summed E-state index contributed by atoms with van der Waals surface area (Å²) in [6.45, 7) is 5.38. The molecule has 0 saturated carbocycles. The van der Waals surface area contributed by atoms with Crippen molar-refractivity contribution < 1.29 is 31.7 Å². The second-order valence-corrected chi connectivity index (χ2v) is 9.33. The molecule has 2 rings (SSSR count). The second kappa shape index (κ2) is 10.3. The van der Waals surface area contributed by atoms with Crippen LogP contribution in [0.1, 0.15) is 38.7 Å². The average Bonchev–Trinajstić information content (AvgIpc) is 2.70. The lowest BCUT2D eigenvalue weighted by atomic mass is 9.95. The average molecular weight is 450 g/mol. The molecule has 1 N–H and O–H groups in total. The highest BCUT2D eigenvalue weighted by molar-refractivity contribution is 7.87. The fourth-order valence-corrected chi connectivity index (χ4v) is 3.62. The van der Waals surface area contributed by atoms with E-state index in [1.165, 1.54) is 31.4 Å². The van der Waals surface area contributed by atoms with E-state index in [1.807, 2.05) is 0 Å². The summed E-state index contributed by atoms with van der Waals surface area (Å²) in [5, 5.41) is 2.65. The molecule has 2 aromatic carbocycles. The number of carbonyl (C=O) groups is 2. The van der Waals surface area contributed by atoms with Crippen LogP contribution >= 0.6 is 0 Å². The van der Waals surface area contributed by atoms with Crippen LogP contribution in [0, 0.1) is 0 Å². The highest BCUT2D eigenvalue weighted by Crippen LogP contribution is 2.25. The number of alkyl carbamates (subject to hydrolysis) is 1. The van der Waals surface area contributed by atoms with Crippen molar-refractivity contribution in [3.8, 4) is 5.75 Å². The minimum absolute atomic E-state index is 0.0226. The zero-order chi connectivity index (χ0) is 23.1. The number of hydrogen-bond donors (Lipinski definition) is 1. The van der Waals surface area contributed by atoms with Gasteiger partial charge in [0.25, 0.3) is 0 Å². The van der Waals surface area contributed by atoms with Crippen LogP contribution in [0.5, 0.6) is 5.75 Å². The summed E-state index contributed by atoms with van der Waals surface area (Å²) in [4.78, 5) is 23.8. The van der Waals surface area contributed by atoms with Gasteiger partial charge in [0.2, 0.25) is 0 Å². The number of hydrogen-bond acceptors (Lipinski definition) is 7. The van der Waals surface area contributed by atoms with Crippen molar-refractivity contribution in [3.63, 3.8) is 0 Å². The summed E-state index contributed by atoms with van der Waals surface area (Å²) >= 11 is 0. The SMILES string of the molecule is COC(=O)CC(CNC(=O)OC(C)(C)C)c1ccc(OS(=O)(=O)c2ccccc2)cc1. The zero-order valence-corrected chi connectivity index (χ0v) is 18.8. The molecule has 8 nitrogen and oxygen atoms in total. The van der Waals surface area contributed by atoms with Gasteiger partial charge in [-0.3, -0.25) is 4.79 Å². The lowest BCUT2D eigenvalue weighted by Crippen LogP contribution is -2.35. The zero-order valence-electron chi connectivity index (χ0n) is 18.0. The number of benzene rings is 2. The third-order valence-corrected chi connectivity index (χ3v) is 5.38. The van der Waals surface area contributed by atoms with Crippen LogP contribution in [0.2, 0.25) is 0 Å². The van der Waals surface area contributed by atoms with Crippen LogP contribution in [0.3, 0.4) is 0 Å². The van der Waals surface area contributed by atoms with Crippen LogP contribution in [0.25, 0.3) is 0 Å². The molecule has 1 atom stereocenters.